The lowest BCUT2D eigenvalue weighted by atomic mass is 10.0. The molecule has 0 amide bonds. The van der Waals surface area contributed by atoms with Gasteiger partial charge in [0.25, 0.3) is 0 Å². The second-order valence-corrected chi connectivity index (χ2v) is 7.75. The molecule has 0 bridgehead atoms. The summed E-state index contributed by atoms with van der Waals surface area (Å²) >= 11 is 3.30. The Balaban J connectivity index is 3.00. The van der Waals surface area contributed by atoms with Crippen molar-refractivity contribution in [1.29, 1.82) is 0 Å². The third-order valence-corrected chi connectivity index (χ3v) is 5.58. The maximum atomic E-state index is 12.4. The molecule has 0 aliphatic carbocycles. The molecule has 20 heavy (non-hydrogen) atoms. The van der Waals surface area contributed by atoms with Gasteiger partial charge in [-0.15, -0.1) is 0 Å². The van der Waals surface area contributed by atoms with Crippen LogP contribution in [0.3, 0.4) is 0 Å². The molecule has 0 aliphatic rings. The Bertz CT molecular complexity index is 611. The first kappa shape index (κ1) is 17.1. The summed E-state index contributed by atoms with van der Waals surface area (Å²) in [6.07, 6.45) is 0.127. The lowest BCUT2D eigenvalue weighted by Gasteiger charge is -2.25. The van der Waals surface area contributed by atoms with Gasteiger partial charge in [-0.1, -0.05) is 22.0 Å². The monoisotopic (exact) mass is 363 g/mol. The van der Waals surface area contributed by atoms with Crippen LogP contribution >= 0.6 is 15.9 Å². The van der Waals surface area contributed by atoms with Crippen molar-refractivity contribution in [2.45, 2.75) is 44.0 Å². The molecule has 0 aliphatic heterocycles. The van der Waals surface area contributed by atoms with Crippen molar-refractivity contribution in [2.75, 3.05) is 0 Å². The van der Waals surface area contributed by atoms with Crippen LogP contribution in [-0.4, -0.2) is 25.0 Å². The summed E-state index contributed by atoms with van der Waals surface area (Å²) in [6.45, 7) is 5.05. The molecule has 0 radical (unpaired) electrons. The van der Waals surface area contributed by atoms with Gasteiger partial charge in [0, 0.05) is 16.4 Å². The van der Waals surface area contributed by atoms with E-state index < -0.39 is 21.5 Å². The molecular weight excluding hydrogens is 346 g/mol. The van der Waals surface area contributed by atoms with E-state index >= 15 is 0 Å². The number of carbonyl (C=O) groups is 1. The van der Waals surface area contributed by atoms with Crippen LogP contribution in [0.4, 0.5) is 0 Å². The minimum Gasteiger partial charge on any atom is -0.481 e. The van der Waals surface area contributed by atoms with E-state index in [-0.39, 0.29) is 17.7 Å². The highest BCUT2D eigenvalue weighted by Gasteiger charge is 2.28. The van der Waals surface area contributed by atoms with Crippen molar-refractivity contribution in [3.05, 3.63) is 28.2 Å². The van der Waals surface area contributed by atoms with Crippen molar-refractivity contribution in [1.82, 2.24) is 4.72 Å². The predicted molar refractivity (Wildman–Crippen MR) is 80.1 cm³/mol. The van der Waals surface area contributed by atoms with E-state index in [2.05, 4.69) is 20.7 Å². The van der Waals surface area contributed by atoms with E-state index in [4.69, 9.17) is 5.11 Å². The van der Waals surface area contributed by atoms with Gasteiger partial charge >= 0.3 is 5.97 Å². The molecule has 1 aromatic carbocycles. The number of sulfonamides is 1. The van der Waals surface area contributed by atoms with Gasteiger partial charge in [0.2, 0.25) is 10.0 Å². The highest BCUT2D eigenvalue weighted by atomic mass is 79.9. The molecule has 5 nitrogen and oxygen atoms in total. The zero-order valence-electron chi connectivity index (χ0n) is 11.6. The van der Waals surface area contributed by atoms with Gasteiger partial charge in [0.15, 0.2) is 0 Å². The Kier molecular flexibility index (Phi) is 5.34. The highest BCUT2D eigenvalue weighted by Crippen LogP contribution is 2.25. The number of rotatable bonds is 6. The van der Waals surface area contributed by atoms with Crippen molar-refractivity contribution in [2.24, 2.45) is 0 Å². The molecule has 1 aromatic rings. The van der Waals surface area contributed by atoms with Gasteiger partial charge in [0.05, 0.1) is 4.90 Å². The van der Waals surface area contributed by atoms with Crippen molar-refractivity contribution < 1.29 is 18.3 Å². The van der Waals surface area contributed by atoms with E-state index in [9.17, 15) is 13.2 Å². The number of aliphatic carboxylic acids is 1. The van der Waals surface area contributed by atoms with E-state index in [0.29, 0.717) is 10.0 Å². The molecule has 1 rings (SSSR count). The maximum absolute atomic E-state index is 12.4. The molecule has 7 heteroatoms. The Hall–Kier alpha value is -0.920. The van der Waals surface area contributed by atoms with Gasteiger partial charge in [-0.05, 0) is 44.9 Å². The summed E-state index contributed by atoms with van der Waals surface area (Å²) < 4.78 is 28.0. The average Bonchev–Trinajstić information content (AvgIpc) is 2.29. The number of hydrogen-bond acceptors (Lipinski definition) is 3. The smallest absolute Gasteiger partial charge is 0.303 e. The standard InChI is InChI=1S/C13H18BrNO4S/c1-9-10(14)5-4-6-11(9)20(18,19)15-13(2,3)8-7-12(16)17/h4-6,15H,7-8H2,1-3H3,(H,16,17). The third kappa shape index (κ3) is 4.57. The Morgan fingerprint density at radius 1 is 1.40 bits per heavy atom. The van der Waals surface area contributed by atoms with Crippen LogP contribution in [0.15, 0.2) is 27.6 Å². The largest absolute Gasteiger partial charge is 0.481 e. The summed E-state index contributed by atoms with van der Waals surface area (Å²) in [4.78, 5) is 10.8. The molecule has 0 heterocycles. The van der Waals surface area contributed by atoms with Crippen LogP contribution in [0.5, 0.6) is 0 Å². The molecule has 0 unspecified atom stereocenters. The first-order chi connectivity index (χ1) is 9.05. The van der Waals surface area contributed by atoms with Crippen LogP contribution in [0, 0.1) is 6.92 Å². The normalized spacial score (nSPS) is 12.4. The topological polar surface area (TPSA) is 83.5 Å². The van der Waals surface area contributed by atoms with Gasteiger partial charge in [-0.25, -0.2) is 13.1 Å². The summed E-state index contributed by atoms with van der Waals surface area (Å²) in [5, 5.41) is 8.69. The molecule has 0 saturated carbocycles. The molecule has 0 saturated heterocycles. The lowest BCUT2D eigenvalue weighted by molar-refractivity contribution is -0.137. The zero-order valence-corrected chi connectivity index (χ0v) is 14.0. The molecule has 2 N–H and O–H groups in total. The molecule has 0 atom stereocenters. The first-order valence-electron chi connectivity index (χ1n) is 6.06. The van der Waals surface area contributed by atoms with Gasteiger partial charge < -0.3 is 5.11 Å². The maximum Gasteiger partial charge on any atom is 0.303 e. The van der Waals surface area contributed by atoms with Gasteiger partial charge in [0.1, 0.15) is 0 Å². The number of hydrogen-bond donors (Lipinski definition) is 2. The Labute approximate surface area is 127 Å². The summed E-state index contributed by atoms with van der Waals surface area (Å²) in [6, 6.07) is 4.94. The van der Waals surface area contributed by atoms with E-state index in [1.54, 1.807) is 32.9 Å². The first-order valence-corrected chi connectivity index (χ1v) is 8.34. The van der Waals surface area contributed by atoms with E-state index in [0.717, 1.165) is 0 Å². The summed E-state index contributed by atoms with van der Waals surface area (Å²) in [5.41, 5.74) is -0.208. The lowest BCUT2D eigenvalue weighted by Crippen LogP contribution is -2.43. The Morgan fingerprint density at radius 3 is 2.55 bits per heavy atom. The number of nitrogens with one attached hydrogen (secondary N) is 1. The summed E-state index contributed by atoms with van der Waals surface area (Å²) in [5.74, 6) is -0.948. The minimum absolute atomic E-state index is 0.0903. The van der Waals surface area contributed by atoms with Crippen molar-refractivity contribution in [3.8, 4) is 0 Å². The van der Waals surface area contributed by atoms with Gasteiger partial charge in [-0.2, -0.15) is 0 Å². The number of benzene rings is 1. The molecule has 0 aromatic heterocycles. The SMILES string of the molecule is Cc1c(Br)cccc1S(=O)(=O)NC(C)(C)CCC(=O)O. The predicted octanol–water partition coefficient (Wildman–Crippen LogP) is 2.68. The summed E-state index contributed by atoms with van der Waals surface area (Å²) in [7, 11) is -3.69. The number of halogens is 1. The van der Waals surface area contributed by atoms with Crippen LogP contribution in [0.1, 0.15) is 32.3 Å². The van der Waals surface area contributed by atoms with Crippen molar-refractivity contribution in [3.63, 3.8) is 0 Å². The Morgan fingerprint density at radius 2 is 2.00 bits per heavy atom. The average molecular weight is 364 g/mol. The van der Waals surface area contributed by atoms with Gasteiger partial charge in [-0.3, -0.25) is 4.79 Å². The highest BCUT2D eigenvalue weighted by molar-refractivity contribution is 9.10. The van der Waals surface area contributed by atoms with Crippen molar-refractivity contribution >= 4 is 31.9 Å². The second kappa shape index (κ2) is 6.24. The fourth-order valence-corrected chi connectivity index (χ4v) is 3.98. The molecular formula is C13H18BrNO4S. The second-order valence-electron chi connectivity index (χ2n) is 5.25. The van der Waals surface area contributed by atoms with E-state index in [1.807, 2.05) is 0 Å². The van der Waals surface area contributed by atoms with Crippen LogP contribution in [-0.2, 0) is 14.8 Å². The zero-order chi connectivity index (χ0) is 15.6. The quantitative estimate of drug-likeness (QED) is 0.813. The number of carboxylic acid groups (broad SMARTS) is 1. The van der Waals surface area contributed by atoms with Crippen LogP contribution in [0.25, 0.3) is 0 Å². The fourth-order valence-electron chi connectivity index (χ4n) is 1.77. The van der Waals surface area contributed by atoms with E-state index in [1.165, 1.54) is 6.07 Å². The number of carboxylic acids is 1. The molecule has 0 spiro atoms. The molecule has 112 valence electrons. The minimum atomic E-state index is -3.69. The fraction of sp³-hybridized carbons (Fsp3) is 0.462. The van der Waals surface area contributed by atoms with Crippen LogP contribution < -0.4 is 4.72 Å². The van der Waals surface area contributed by atoms with Crippen LogP contribution in [0.2, 0.25) is 0 Å². The third-order valence-electron chi connectivity index (χ3n) is 2.88. The molecule has 0 fully saturated rings.